The highest BCUT2D eigenvalue weighted by atomic mass is 35.5. The van der Waals surface area contributed by atoms with Gasteiger partial charge in [-0.1, -0.05) is 11.6 Å². The van der Waals surface area contributed by atoms with Gasteiger partial charge in [-0.2, -0.15) is 0 Å². The van der Waals surface area contributed by atoms with Crippen molar-refractivity contribution in [2.24, 2.45) is 0 Å². The van der Waals surface area contributed by atoms with Crippen molar-refractivity contribution in [3.05, 3.63) is 50.9 Å². The molecule has 0 aliphatic rings. The van der Waals surface area contributed by atoms with Crippen molar-refractivity contribution >= 4 is 40.6 Å². The van der Waals surface area contributed by atoms with Gasteiger partial charge in [0, 0.05) is 22.2 Å². The molecule has 0 aliphatic heterocycles. The molecule has 19 heavy (non-hydrogen) atoms. The topological polar surface area (TPSA) is 42.0 Å². The molecule has 0 atom stereocenters. The first kappa shape index (κ1) is 13.8. The number of nitrogens with zero attached hydrogens (tertiary/aromatic N) is 1. The van der Waals surface area contributed by atoms with Crippen molar-refractivity contribution in [1.82, 2.24) is 4.98 Å². The molecule has 1 N–H and O–H groups in total. The molecule has 1 amide bonds. The van der Waals surface area contributed by atoms with E-state index in [4.69, 9.17) is 11.6 Å². The Morgan fingerprint density at radius 2 is 2.21 bits per heavy atom. The molecule has 0 saturated heterocycles. The Balaban J connectivity index is 2.03. The lowest BCUT2D eigenvalue weighted by atomic mass is 10.2. The molecule has 2 aromatic rings. The first-order chi connectivity index (χ1) is 9.04. The standard InChI is InChI=1S/C14H13ClN2OS/c1-9-7-11(15)3-5-13(9)17-14(18)6-4-12-8-19-10(2)16-12/h3-8H,1-2H3,(H,17,18)/b6-4+. The maximum absolute atomic E-state index is 11.8. The number of hydrogen-bond donors (Lipinski definition) is 1. The van der Waals surface area contributed by atoms with Crippen LogP contribution in [0, 0.1) is 13.8 Å². The van der Waals surface area contributed by atoms with E-state index >= 15 is 0 Å². The number of anilines is 1. The molecule has 98 valence electrons. The first-order valence-electron chi connectivity index (χ1n) is 5.72. The molecule has 1 aromatic carbocycles. The Bertz CT molecular complexity index is 634. The highest BCUT2D eigenvalue weighted by molar-refractivity contribution is 7.09. The predicted molar refractivity (Wildman–Crippen MR) is 80.7 cm³/mol. The molecule has 1 heterocycles. The minimum absolute atomic E-state index is 0.184. The van der Waals surface area contributed by atoms with Crippen molar-refractivity contribution in [1.29, 1.82) is 0 Å². The second-order valence-corrected chi connectivity index (χ2v) is 5.57. The maximum Gasteiger partial charge on any atom is 0.248 e. The summed E-state index contributed by atoms with van der Waals surface area (Å²) in [6.45, 7) is 3.83. The van der Waals surface area contributed by atoms with Gasteiger partial charge in [-0.3, -0.25) is 4.79 Å². The molecule has 0 spiro atoms. The van der Waals surface area contributed by atoms with Gasteiger partial charge in [-0.25, -0.2) is 4.98 Å². The Hall–Kier alpha value is -1.65. The average Bonchev–Trinajstić information content (AvgIpc) is 2.76. The van der Waals surface area contributed by atoms with E-state index in [1.807, 2.05) is 25.3 Å². The second-order valence-electron chi connectivity index (χ2n) is 4.07. The number of nitrogens with one attached hydrogen (secondary N) is 1. The fourth-order valence-corrected chi connectivity index (χ4v) is 2.37. The Labute approximate surface area is 120 Å². The molecule has 0 unspecified atom stereocenters. The summed E-state index contributed by atoms with van der Waals surface area (Å²) in [5, 5.41) is 6.35. The molecule has 5 heteroatoms. The molecule has 0 saturated carbocycles. The normalized spacial score (nSPS) is 10.9. The van der Waals surface area contributed by atoms with E-state index in [9.17, 15) is 4.79 Å². The summed E-state index contributed by atoms with van der Waals surface area (Å²) in [4.78, 5) is 16.0. The summed E-state index contributed by atoms with van der Waals surface area (Å²) >= 11 is 7.42. The number of hydrogen-bond acceptors (Lipinski definition) is 3. The molecule has 2 rings (SSSR count). The van der Waals surface area contributed by atoms with Crippen molar-refractivity contribution in [2.45, 2.75) is 13.8 Å². The highest BCUT2D eigenvalue weighted by Crippen LogP contribution is 2.19. The lowest BCUT2D eigenvalue weighted by Crippen LogP contribution is -2.08. The SMILES string of the molecule is Cc1nc(/C=C/C(=O)Nc2ccc(Cl)cc2C)cs1. The van der Waals surface area contributed by atoms with Crippen LogP contribution >= 0.6 is 22.9 Å². The quantitative estimate of drug-likeness (QED) is 0.867. The lowest BCUT2D eigenvalue weighted by Gasteiger charge is -2.06. The second kappa shape index (κ2) is 5.99. The first-order valence-corrected chi connectivity index (χ1v) is 6.98. The molecule has 0 fully saturated rings. The van der Waals surface area contributed by atoms with Crippen LogP contribution in [0.25, 0.3) is 6.08 Å². The monoisotopic (exact) mass is 292 g/mol. The Kier molecular flexibility index (Phi) is 4.35. The third kappa shape index (κ3) is 3.91. The van der Waals surface area contributed by atoms with Crippen LogP contribution < -0.4 is 5.32 Å². The van der Waals surface area contributed by atoms with E-state index in [1.165, 1.54) is 6.08 Å². The van der Waals surface area contributed by atoms with Gasteiger partial charge in [0.25, 0.3) is 0 Å². The van der Waals surface area contributed by atoms with Crippen molar-refractivity contribution < 1.29 is 4.79 Å². The van der Waals surface area contributed by atoms with Crippen LogP contribution in [-0.4, -0.2) is 10.9 Å². The zero-order chi connectivity index (χ0) is 13.8. The minimum Gasteiger partial charge on any atom is -0.322 e. The summed E-state index contributed by atoms with van der Waals surface area (Å²) in [5.41, 5.74) is 2.48. The number of rotatable bonds is 3. The van der Waals surface area contributed by atoms with Crippen LogP contribution in [0.4, 0.5) is 5.69 Å². The van der Waals surface area contributed by atoms with Crippen LogP contribution in [0.2, 0.25) is 5.02 Å². The van der Waals surface area contributed by atoms with E-state index in [2.05, 4.69) is 10.3 Å². The van der Waals surface area contributed by atoms with Crippen molar-refractivity contribution in [3.63, 3.8) is 0 Å². The van der Waals surface area contributed by atoms with Gasteiger partial charge >= 0.3 is 0 Å². The number of amides is 1. The molecule has 0 radical (unpaired) electrons. The van der Waals surface area contributed by atoms with E-state index in [0.717, 1.165) is 22.0 Å². The predicted octanol–water partition coefficient (Wildman–Crippen LogP) is 4.07. The number of thiazole rings is 1. The number of halogens is 1. The van der Waals surface area contributed by atoms with Crippen LogP contribution in [0.15, 0.2) is 29.7 Å². The summed E-state index contributed by atoms with van der Waals surface area (Å²) < 4.78 is 0. The number of carbonyl (C=O) groups excluding carboxylic acids is 1. The number of carbonyl (C=O) groups is 1. The Morgan fingerprint density at radius 3 is 2.84 bits per heavy atom. The summed E-state index contributed by atoms with van der Waals surface area (Å²) in [5.74, 6) is -0.184. The van der Waals surface area contributed by atoms with Crippen LogP contribution in [-0.2, 0) is 4.79 Å². The van der Waals surface area contributed by atoms with Gasteiger partial charge in [-0.05, 0) is 43.7 Å². The third-order valence-electron chi connectivity index (χ3n) is 2.49. The van der Waals surface area contributed by atoms with Crippen LogP contribution in [0.3, 0.4) is 0 Å². The van der Waals surface area contributed by atoms with Crippen molar-refractivity contribution in [2.75, 3.05) is 5.32 Å². The molecule has 1 aromatic heterocycles. The smallest absolute Gasteiger partial charge is 0.248 e. The number of aryl methyl sites for hydroxylation is 2. The van der Waals surface area contributed by atoms with Gasteiger partial charge in [-0.15, -0.1) is 11.3 Å². The van der Waals surface area contributed by atoms with E-state index in [0.29, 0.717) is 5.02 Å². The summed E-state index contributed by atoms with van der Waals surface area (Å²) in [6.07, 6.45) is 3.17. The maximum atomic E-state index is 11.8. The van der Waals surface area contributed by atoms with Gasteiger partial charge in [0.15, 0.2) is 0 Å². The summed E-state index contributed by atoms with van der Waals surface area (Å²) in [7, 11) is 0. The van der Waals surface area contributed by atoms with Gasteiger partial charge in [0.1, 0.15) is 0 Å². The molecule has 3 nitrogen and oxygen atoms in total. The van der Waals surface area contributed by atoms with Gasteiger partial charge < -0.3 is 5.32 Å². The third-order valence-corrected chi connectivity index (χ3v) is 3.52. The van der Waals surface area contributed by atoms with Crippen LogP contribution in [0.1, 0.15) is 16.3 Å². The van der Waals surface area contributed by atoms with E-state index < -0.39 is 0 Å². The van der Waals surface area contributed by atoms with Gasteiger partial charge in [0.05, 0.1) is 10.7 Å². The average molecular weight is 293 g/mol. The zero-order valence-electron chi connectivity index (χ0n) is 10.6. The molecular formula is C14H13ClN2OS. The molecular weight excluding hydrogens is 280 g/mol. The highest BCUT2D eigenvalue weighted by Gasteiger charge is 2.02. The van der Waals surface area contributed by atoms with Crippen LogP contribution in [0.5, 0.6) is 0 Å². The van der Waals surface area contributed by atoms with E-state index in [1.54, 1.807) is 29.5 Å². The fraction of sp³-hybridized carbons (Fsp3) is 0.143. The zero-order valence-corrected chi connectivity index (χ0v) is 12.2. The summed E-state index contributed by atoms with van der Waals surface area (Å²) in [6, 6.07) is 5.35. The Morgan fingerprint density at radius 1 is 1.42 bits per heavy atom. The van der Waals surface area contributed by atoms with Crippen molar-refractivity contribution in [3.8, 4) is 0 Å². The van der Waals surface area contributed by atoms with E-state index in [-0.39, 0.29) is 5.91 Å². The fourth-order valence-electron chi connectivity index (χ4n) is 1.56. The minimum atomic E-state index is -0.184. The number of aromatic nitrogens is 1. The largest absolute Gasteiger partial charge is 0.322 e. The van der Waals surface area contributed by atoms with Gasteiger partial charge in [0.2, 0.25) is 5.91 Å². The number of benzene rings is 1. The lowest BCUT2D eigenvalue weighted by molar-refractivity contribution is -0.111. The molecule has 0 bridgehead atoms. The molecule has 0 aliphatic carbocycles.